The zero-order valence-corrected chi connectivity index (χ0v) is 11.0. The van der Waals surface area contributed by atoms with Crippen LogP contribution < -0.4 is 0 Å². The van der Waals surface area contributed by atoms with E-state index in [1.54, 1.807) is 0 Å². The Morgan fingerprint density at radius 2 is 1.07 bits per heavy atom. The van der Waals surface area contributed by atoms with Crippen LogP contribution in [0.15, 0.2) is 0 Å². The smallest absolute Gasteiger partial charge is 0.672 e. The van der Waals surface area contributed by atoms with Crippen LogP contribution in [0.3, 0.4) is 0 Å². The molecule has 0 spiro atoms. The summed E-state index contributed by atoms with van der Waals surface area (Å²) >= 11 is 0. The van der Waals surface area contributed by atoms with Gasteiger partial charge in [-0.15, -0.1) is 5.54 Å². The molecule has 4 rings (SSSR count). The van der Waals surface area contributed by atoms with Gasteiger partial charge >= 0.3 is 21.7 Å². The molecule has 1 nitrogen and oxygen atoms in total. The molecule has 0 heterocycles. The minimum Gasteiger partial charge on any atom is -0.672 e. The van der Waals surface area contributed by atoms with E-state index in [1.807, 2.05) is 0 Å². The van der Waals surface area contributed by atoms with E-state index in [-0.39, 0.29) is 42.1 Å². The van der Waals surface area contributed by atoms with E-state index < -0.39 is 0 Å². The molecule has 0 aromatic carbocycles. The van der Waals surface area contributed by atoms with Crippen molar-refractivity contribution >= 4 is 0 Å². The third-order valence-electron chi connectivity index (χ3n) is 4.04. The third kappa shape index (κ3) is 2.26. The molecule has 0 unspecified atom stereocenters. The van der Waals surface area contributed by atoms with Crippen molar-refractivity contribution < 1.29 is 21.7 Å². The molecule has 0 saturated heterocycles. The van der Waals surface area contributed by atoms with Crippen LogP contribution >= 0.6 is 0 Å². The molecule has 14 heavy (non-hydrogen) atoms. The summed E-state index contributed by atoms with van der Waals surface area (Å²) in [6.45, 7) is 0. The monoisotopic (exact) mass is 228 g/mol. The Bertz CT molecular complexity index is 155. The molecule has 4 bridgehead atoms. The number of hydrogen-bond acceptors (Lipinski definition) is 0. The van der Waals surface area contributed by atoms with Crippen LogP contribution in [0.4, 0.5) is 0 Å². The second kappa shape index (κ2) is 4.68. The number of nitrogens with one attached hydrogen (secondary N) is 1. The summed E-state index contributed by atoms with van der Waals surface area (Å²) in [6, 6.07) is 0. The topological polar surface area (TPSA) is 23.8 Å². The molecule has 1 N–H and O–H groups in total. The summed E-state index contributed by atoms with van der Waals surface area (Å²) in [6.07, 6.45) is 8.12. The van der Waals surface area contributed by atoms with Crippen LogP contribution in [0.25, 0.3) is 5.73 Å². The van der Waals surface area contributed by atoms with Gasteiger partial charge in [0.2, 0.25) is 0 Å². The first-order valence-electron chi connectivity index (χ1n) is 4.98. The van der Waals surface area contributed by atoms with Gasteiger partial charge in [0.05, 0.1) is 0 Å². The van der Waals surface area contributed by atoms with Crippen LogP contribution in [0.2, 0.25) is 0 Å². The fourth-order valence-corrected chi connectivity index (χ4v) is 4.11. The molecule has 4 aliphatic rings. The maximum atomic E-state index is 8.21. The summed E-state index contributed by atoms with van der Waals surface area (Å²) < 4.78 is 0. The minimum absolute atomic E-state index is 0. The summed E-state index contributed by atoms with van der Waals surface area (Å²) in [5.41, 5.74) is 8.26. The molecule has 0 aromatic heterocycles. The van der Waals surface area contributed by atoms with E-state index >= 15 is 0 Å². The maximum Gasteiger partial charge on any atom is 3.00 e. The van der Waals surface area contributed by atoms with Gasteiger partial charge in [-0.3, -0.25) is 0 Å². The van der Waals surface area contributed by atoms with Crippen LogP contribution in [-0.4, -0.2) is 5.54 Å². The third-order valence-corrected chi connectivity index (χ3v) is 4.04. The van der Waals surface area contributed by atoms with Crippen LogP contribution in [0.5, 0.6) is 0 Å². The molecule has 0 aliphatic heterocycles. The molecule has 1 radical (unpaired) electrons. The predicted molar refractivity (Wildman–Crippen MR) is 58.1 cm³/mol. The van der Waals surface area contributed by atoms with Gasteiger partial charge in [-0.1, -0.05) is 19.3 Å². The van der Waals surface area contributed by atoms with Gasteiger partial charge in [0, 0.05) is 0 Å². The van der Waals surface area contributed by atoms with Crippen molar-refractivity contribution in [3.05, 3.63) is 20.6 Å². The Morgan fingerprint density at radius 1 is 0.786 bits per heavy atom. The van der Waals surface area contributed by atoms with Gasteiger partial charge in [0.15, 0.2) is 0 Å². The zero-order chi connectivity index (χ0) is 7.47. The van der Waals surface area contributed by atoms with Crippen molar-refractivity contribution in [1.29, 1.82) is 0 Å². The molecule has 79 valence electrons. The predicted octanol–water partition coefficient (Wildman–Crippen LogP) is 3.91. The normalized spacial score (nSPS) is 47.4. The van der Waals surface area contributed by atoms with E-state index in [1.165, 1.54) is 38.5 Å². The Hall–Kier alpha value is 0.674. The summed E-state index contributed by atoms with van der Waals surface area (Å²) in [5.74, 6) is 2.87. The van der Waals surface area contributed by atoms with Crippen molar-refractivity contribution in [3.8, 4) is 0 Å². The van der Waals surface area contributed by atoms with E-state index in [2.05, 4.69) is 0 Å². The van der Waals surface area contributed by atoms with E-state index in [0.29, 0.717) is 0 Å². The molecule has 4 saturated carbocycles. The zero-order valence-electron chi connectivity index (χ0n) is 9.47. The van der Waals surface area contributed by atoms with E-state index in [4.69, 9.17) is 5.73 Å². The number of rotatable bonds is 0. The first-order valence-corrected chi connectivity index (χ1v) is 4.98. The standard InChI is InChI=1S/C10H16N.2CH3.Ti/c11-10-4-7-1-8(5-10)3-9(2-7)6-10;;;/h7-9,11H,1-6H2;2*1H3;/q3*-1;+3. The quantitative estimate of drug-likeness (QED) is 0.443. The first-order chi connectivity index (χ1) is 5.23. The Labute approximate surface area is 104 Å². The molecule has 0 atom stereocenters. The van der Waals surface area contributed by atoms with Crippen LogP contribution in [0.1, 0.15) is 38.5 Å². The van der Waals surface area contributed by atoms with Gasteiger partial charge in [-0.05, 0) is 37.0 Å². The number of hydrogen-bond donors (Lipinski definition) is 0. The Kier molecular flexibility index (Phi) is 4.90. The van der Waals surface area contributed by atoms with Gasteiger partial charge < -0.3 is 20.6 Å². The van der Waals surface area contributed by atoms with E-state index in [9.17, 15) is 0 Å². The first kappa shape index (κ1) is 14.7. The maximum absolute atomic E-state index is 8.21. The van der Waals surface area contributed by atoms with Gasteiger partial charge in [-0.25, -0.2) is 0 Å². The van der Waals surface area contributed by atoms with Crippen molar-refractivity contribution in [1.82, 2.24) is 0 Å². The molecule has 0 aromatic rings. The molecule has 2 heteroatoms. The van der Waals surface area contributed by atoms with Crippen molar-refractivity contribution in [2.24, 2.45) is 17.8 Å². The average Bonchev–Trinajstić information content (AvgIpc) is 1.79. The average molecular weight is 228 g/mol. The summed E-state index contributed by atoms with van der Waals surface area (Å²) in [5, 5.41) is 0. The van der Waals surface area contributed by atoms with Gasteiger partial charge in [-0.2, -0.15) is 0 Å². The SMILES string of the molecule is [CH3-].[CH3-].[NH-]C12CC3CC(CC(C3)C1)C2.[Ti+3]. The van der Waals surface area contributed by atoms with Crippen molar-refractivity contribution in [2.75, 3.05) is 0 Å². The molecule has 0 amide bonds. The van der Waals surface area contributed by atoms with Crippen molar-refractivity contribution in [3.63, 3.8) is 0 Å². The second-order valence-corrected chi connectivity index (χ2v) is 5.20. The molecular formula is C12H22NTi. The van der Waals surface area contributed by atoms with Gasteiger partial charge in [0.1, 0.15) is 0 Å². The summed E-state index contributed by atoms with van der Waals surface area (Å²) in [4.78, 5) is 0. The fraction of sp³-hybridized carbons (Fsp3) is 0.833. The van der Waals surface area contributed by atoms with Crippen molar-refractivity contribution in [2.45, 2.75) is 44.1 Å². The van der Waals surface area contributed by atoms with E-state index in [0.717, 1.165) is 17.8 Å². The molecule has 4 aliphatic carbocycles. The Balaban J connectivity index is 0.000000563. The largest absolute Gasteiger partial charge is 3.00 e. The fourth-order valence-electron chi connectivity index (χ4n) is 4.11. The molecule has 4 fully saturated rings. The van der Waals surface area contributed by atoms with Gasteiger partial charge in [0.25, 0.3) is 0 Å². The minimum atomic E-state index is 0. The van der Waals surface area contributed by atoms with Crippen LogP contribution in [-0.2, 0) is 21.7 Å². The van der Waals surface area contributed by atoms with Crippen LogP contribution in [0, 0.1) is 32.6 Å². The Morgan fingerprint density at radius 3 is 1.29 bits per heavy atom. The second-order valence-electron chi connectivity index (χ2n) is 5.20. The summed E-state index contributed by atoms with van der Waals surface area (Å²) in [7, 11) is 0. The molecular weight excluding hydrogens is 206 g/mol.